The van der Waals surface area contributed by atoms with Crippen LogP contribution >= 0.6 is 31.9 Å². The molecule has 1 aromatic rings. The van der Waals surface area contributed by atoms with Crippen LogP contribution in [0.25, 0.3) is 4.85 Å². The molecule has 0 atom stereocenters. The van der Waals surface area contributed by atoms with Crippen molar-refractivity contribution in [1.82, 2.24) is 0 Å². The number of nitrogens with zero attached hydrogens (tertiary/aromatic N) is 1. The first-order chi connectivity index (χ1) is 5.22. The van der Waals surface area contributed by atoms with Crippen LogP contribution in [-0.4, -0.2) is 0 Å². The largest absolute Gasteiger partial charge is 0.312 e. The fraction of sp³-hybridized carbons (Fsp3) is 0.125. The molecule has 0 aliphatic carbocycles. The van der Waals surface area contributed by atoms with Crippen molar-refractivity contribution in [3.8, 4) is 0 Å². The standard InChI is InChI=1S/C8H5Br2N/c1-11-5-6-2-7(9)4-8(10)3-6/h2-4H,5H2. The van der Waals surface area contributed by atoms with E-state index in [4.69, 9.17) is 6.57 Å². The average Bonchev–Trinajstić information content (AvgIpc) is 1.85. The molecule has 0 amide bonds. The Labute approximate surface area is 82.5 Å². The maximum atomic E-state index is 6.68. The second-order valence-corrected chi connectivity index (χ2v) is 3.93. The van der Waals surface area contributed by atoms with E-state index in [1.54, 1.807) is 0 Å². The van der Waals surface area contributed by atoms with Crippen LogP contribution in [0.3, 0.4) is 0 Å². The van der Waals surface area contributed by atoms with Gasteiger partial charge in [-0.1, -0.05) is 31.9 Å². The Morgan fingerprint density at radius 1 is 1.18 bits per heavy atom. The van der Waals surface area contributed by atoms with Crippen molar-refractivity contribution >= 4 is 31.9 Å². The summed E-state index contributed by atoms with van der Waals surface area (Å²) in [5.41, 5.74) is 1.03. The second kappa shape index (κ2) is 3.89. The Balaban J connectivity index is 3.01. The Kier molecular flexibility index (Phi) is 3.10. The minimum absolute atomic E-state index is 0.442. The summed E-state index contributed by atoms with van der Waals surface area (Å²) in [7, 11) is 0. The number of hydrogen-bond donors (Lipinski definition) is 0. The summed E-state index contributed by atoms with van der Waals surface area (Å²) in [6.07, 6.45) is 0. The SMILES string of the molecule is [C-]#[N+]Cc1cc(Br)cc(Br)c1. The predicted octanol–water partition coefficient (Wildman–Crippen LogP) is 3.63. The van der Waals surface area contributed by atoms with E-state index < -0.39 is 0 Å². The van der Waals surface area contributed by atoms with Crippen molar-refractivity contribution in [3.63, 3.8) is 0 Å². The normalized spacial score (nSPS) is 9.18. The fourth-order valence-electron chi connectivity index (χ4n) is 0.794. The van der Waals surface area contributed by atoms with Crippen molar-refractivity contribution in [2.45, 2.75) is 6.54 Å². The lowest BCUT2D eigenvalue weighted by Gasteiger charge is -1.95. The lowest BCUT2D eigenvalue weighted by molar-refractivity contribution is 1.25. The Morgan fingerprint density at radius 3 is 2.18 bits per heavy atom. The van der Waals surface area contributed by atoms with Gasteiger partial charge in [0.1, 0.15) is 0 Å². The molecular weight excluding hydrogens is 270 g/mol. The molecule has 0 aromatic heterocycles. The number of benzene rings is 1. The fourth-order valence-corrected chi connectivity index (χ4v) is 2.18. The molecular formula is C8H5Br2N. The van der Waals surface area contributed by atoms with Gasteiger partial charge in [-0.3, -0.25) is 0 Å². The van der Waals surface area contributed by atoms with Gasteiger partial charge in [0.2, 0.25) is 6.54 Å². The molecule has 56 valence electrons. The van der Waals surface area contributed by atoms with Crippen LogP contribution in [0.5, 0.6) is 0 Å². The van der Waals surface area contributed by atoms with E-state index in [-0.39, 0.29) is 0 Å². The third-order valence-electron chi connectivity index (χ3n) is 1.18. The Morgan fingerprint density at radius 2 is 1.73 bits per heavy atom. The summed E-state index contributed by atoms with van der Waals surface area (Å²) in [5.74, 6) is 0. The van der Waals surface area contributed by atoms with E-state index >= 15 is 0 Å². The summed E-state index contributed by atoms with van der Waals surface area (Å²) in [6, 6.07) is 5.85. The molecule has 1 nitrogen and oxygen atoms in total. The first kappa shape index (κ1) is 8.76. The molecule has 0 aliphatic heterocycles. The van der Waals surface area contributed by atoms with E-state index in [0.29, 0.717) is 6.54 Å². The van der Waals surface area contributed by atoms with Crippen LogP contribution in [0.4, 0.5) is 0 Å². The monoisotopic (exact) mass is 273 g/mol. The lowest BCUT2D eigenvalue weighted by Crippen LogP contribution is -1.78. The van der Waals surface area contributed by atoms with Crippen molar-refractivity contribution in [2.75, 3.05) is 0 Å². The van der Waals surface area contributed by atoms with Gasteiger partial charge in [0.05, 0.1) is 0 Å². The highest BCUT2D eigenvalue weighted by atomic mass is 79.9. The van der Waals surface area contributed by atoms with Crippen LogP contribution in [0.2, 0.25) is 0 Å². The van der Waals surface area contributed by atoms with Gasteiger partial charge in [-0.25, -0.2) is 6.57 Å². The third-order valence-corrected chi connectivity index (χ3v) is 2.10. The molecule has 0 saturated heterocycles. The minimum atomic E-state index is 0.442. The van der Waals surface area contributed by atoms with Crippen molar-refractivity contribution in [1.29, 1.82) is 0 Å². The molecule has 0 fully saturated rings. The van der Waals surface area contributed by atoms with Gasteiger partial charge in [0.25, 0.3) is 0 Å². The molecule has 0 bridgehead atoms. The highest BCUT2D eigenvalue weighted by molar-refractivity contribution is 9.11. The first-order valence-electron chi connectivity index (χ1n) is 3.00. The zero-order chi connectivity index (χ0) is 8.27. The van der Waals surface area contributed by atoms with Crippen LogP contribution in [-0.2, 0) is 6.54 Å². The maximum absolute atomic E-state index is 6.68. The predicted molar refractivity (Wildman–Crippen MR) is 52.1 cm³/mol. The van der Waals surface area contributed by atoms with Crippen molar-refractivity contribution < 1.29 is 0 Å². The Bertz CT molecular complexity index is 281. The van der Waals surface area contributed by atoms with Gasteiger partial charge in [-0.15, -0.1) is 0 Å². The maximum Gasteiger partial charge on any atom is 0.239 e. The van der Waals surface area contributed by atoms with E-state index in [0.717, 1.165) is 14.5 Å². The molecule has 0 heterocycles. The number of hydrogen-bond acceptors (Lipinski definition) is 0. The van der Waals surface area contributed by atoms with Gasteiger partial charge in [-0.2, -0.15) is 0 Å². The highest BCUT2D eigenvalue weighted by Gasteiger charge is 1.98. The van der Waals surface area contributed by atoms with E-state index in [1.165, 1.54) is 0 Å². The topological polar surface area (TPSA) is 4.36 Å². The smallest absolute Gasteiger partial charge is 0.239 e. The first-order valence-corrected chi connectivity index (χ1v) is 4.59. The summed E-state index contributed by atoms with van der Waals surface area (Å²) < 4.78 is 2.01. The van der Waals surface area contributed by atoms with Gasteiger partial charge in [0.15, 0.2) is 0 Å². The van der Waals surface area contributed by atoms with Gasteiger partial charge in [0, 0.05) is 14.5 Å². The van der Waals surface area contributed by atoms with E-state index in [1.807, 2.05) is 18.2 Å². The van der Waals surface area contributed by atoms with Crippen molar-refractivity contribution in [2.24, 2.45) is 0 Å². The molecule has 0 radical (unpaired) electrons. The summed E-state index contributed by atoms with van der Waals surface area (Å²) in [4.78, 5) is 3.30. The van der Waals surface area contributed by atoms with Gasteiger partial charge < -0.3 is 4.85 Å². The average molecular weight is 275 g/mol. The minimum Gasteiger partial charge on any atom is -0.312 e. The van der Waals surface area contributed by atoms with Gasteiger partial charge in [-0.05, 0) is 18.2 Å². The summed E-state index contributed by atoms with van der Waals surface area (Å²) >= 11 is 6.70. The number of halogens is 2. The van der Waals surface area contributed by atoms with Crippen LogP contribution in [0.15, 0.2) is 27.1 Å². The molecule has 3 heteroatoms. The molecule has 0 spiro atoms. The molecule has 0 saturated carbocycles. The zero-order valence-corrected chi connectivity index (χ0v) is 8.81. The lowest BCUT2D eigenvalue weighted by atomic mass is 10.2. The summed E-state index contributed by atoms with van der Waals surface area (Å²) in [5, 5.41) is 0. The molecule has 0 N–H and O–H groups in total. The molecule has 0 aliphatic rings. The van der Waals surface area contributed by atoms with E-state index in [2.05, 4.69) is 36.7 Å². The quantitative estimate of drug-likeness (QED) is 0.689. The zero-order valence-electron chi connectivity index (χ0n) is 5.64. The molecule has 1 aromatic carbocycles. The van der Waals surface area contributed by atoms with E-state index in [9.17, 15) is 0 Å². The summed E-state index contributed by atoms with van der Waals surface area (Å²) in [6.45, 7) is 7.12. The third kappa shape index (κ3) is 2.64. The van der Waals surface area contributed by atoms with Gasteiger partial charge >= 0.3 is 0 Å². The van der Waals surface area contributed by atoms with Crippen LogP contribution in [0.1, 0.15) is 5.56 Å². The van der Waals surface area contributed by atoms with Crippen LogP contribution < -0.4 is 0 Å². The highest BCUT2D eigenvalue weighted by Crippen LogP contribution is 2.20. The second-order valence-electron chi connectivity index (χ2n) is 2.09. The Hall–Kier alpha value is -0.330. The van der Waals surface area contributed by atoms with Crippen molar-refractivity contribution in [3.05, 3.63) is 44.1 Å². The molecule has 0 unspecified atom stereocenters. The molecule has 11 heavy (non-hydrogen) atoms. The number of rotatable bonds is 1. The molecule has 1 rings (SSSR count). The van der Waals surface area contributed by atoms with Crippen LogP contribution in [0, 0.1) is 6.57 Å².